The third kappa shape index (κ3) is 2.65. The topological polar surface area (TPSA) is 26.0 Å². The first-order valence-corrected chi connectivity index (χ1v) is 6.29. The van der Waals surface area contributed by atoms with Gasteiger partial charge >= 0.3 is 0 Å². The third-order valence-electron chi connectivity index (χ3n) is 4.01. The standard InChI is InChI=1S/C14H19F2N/c1-2-10-3-5-14(17,6-4-10)11-7-12(15)9-13(16)8-11/h7-10H,2-6,17H2,1H3. The molecule has 0 heterocycles. The van der Waals surface area contributed by atoms with Gasteiger partial charge in [0.15, 0.2) is 0 Å². The highest BCUT2D eigenvalue weighted by Gasteiger charge is 2.33. The van der Waals surface area contributed by atoms with Crippen LogP contribution in [0.4, 0.5) is 8.78 Å². The second-order valence-electron chi connectivity index (χ2n) is 5.17. The van der Waals surface area contributed by atoms with E-state index < -0.39 is 17.2 Å². The molecular weight excluding hydrogens is 220 g/mol. The summed E-state index contributed by atoms with van der Waals surface area (Å²) in [4.78, 5) is 0. The quantitative estimate of drug-likeness (QED) is 0.836. The second-order valence-corrected chi connectivity index (χ2v) is 5.17. The highest BCUT2D eigenvalue weighted by Crippen LogP contribution is 2.38. The number of rotatable bonds is 2. The lowest BCUT2D eigenvalue weighted by Crippen LogP contribution is -2.40. The Morgan fingerprint density at radius 3 is 2.18 bits per heavy atom. The summed E-state index contributed by atoms with van der Waals surface area (Å²) in [5.41, 5.74) is 6.36. The fourth-order valence-corrected chi connectivity index (χ4v) is 2.73. The molecule has 0 atom stereocenters. The Morgan fingerprint density at radius 1 is 1.18 bits per heavy atom. The molecule has 0 aliphatic heterocycles. The van der Waals surface area contributed by atoms with Crippen molar-refractivity contribution in [3.63, 3.8) is 0 Å². The zero-order valence-corrected chi connectivity index (χ0v) is 10.2. The van der Waals surface area contributed by atoms with Crippen LogP contribution < -0.4 is 5.73 Å². The van der Waals surface area contributed by atoms with Gasteiger partial charge in [0.1, 0.15) is 11.6 Å². The van der Waals surface area contributed by atoms with Gasteiger partial charge in [0, 0.05) is 11.6 Å². The van der Waals surface area contributed by atoms with E-state index in [1.165, 1.54) is 12.1 Å². The summed E-state index contributed by atoms with van der Waals surface area (Å²) in [5, 5.41) is 0. The van der Waals surface area contributed by atoms with E-state index in [1.54, 1.807) is 0 Å². The van der Waals surface area contributed by atoms with E-state index in [0.29, 0.717) is 11.5 Å². The molecule has 1 aliphatic carbocycles. The fourth-order valence-electron chi connectivity index (χ4n) is 2.73. The van der Waals surface area contributed by atoms with Crippen LogP contribution in [0.3, 0.4) is 0 Å². The smallest absolute Gasteiger partial charge is 0.126 e. The molecule has 2 rings (SSSR count). The van der Waals surface area contributed by atoms with Gasteiger partial charge in [-0.05, 0) is 49.3 Å². The van der Waals surface area contributed by atoms with Gasteiger partial charge in [0.05, 0.1) is 0 Å². The first-order valence-electron chi connectivity index (χ1n) is 6.29. The summed E-state index contributed by atoms with van der Waals surface area (Å²) < 4.78 is 26.4. The summed E-state index contributed by atoms with van der Waals surface area (Å²) >= 11 is 0. The molecule has 0 amide bonds. The lowest BCUT2D eigenvalue weighted by atomic mass is 9.73. The minimum Gasteiger partial charge on any atom is -0.321 e. The molecule has 0 aromatic heterocycles. The third-order valence-corrected chi connectivity index (χ3v) is 4.01. The average Bonchev–Trinajstić information content (AvgIpc) is 2.29. The van der Waals surface area contributed by atoms with Crippen molar-refractivity contribution in [2.75, 3.05) is 0 Å². The van der Waals surface area contributed by atoms with E-state index in [9.17, 15) is 8.78 Å². The van der Waals surface area contributed by atoms with Gasteiger partial charge in [-0.3, -0.25) is 0 Å². The predicted molar refractivity (Wildman–Crippen MR) is 64.5 cm³/mol. The zero-order chi connectivity index (χ0) is 12.5. The summed E-state index contributed by atoms with van der Waals surface area (Å²) in [6, 6.07) is 3.63. The lowest BCUT2D eigenvalue weighted by Gasteiger charge is -2.37. The minimum absolute atomic E-state index is 0.539. The first-order chi connectivity index (χ1) is 8.03. The van der Waals surface area contributed by atoms with Crippen LogP contribution in [0, 0.1) is 17.6 Å². The number of benzene rings is 1. The SMILES string of the molecule is CCC1CCC(N)(c2cc(F)cc(F)c2)CC1. The Bertz CT molecular complexity index is 375. The Balaban J connectivity index is 2.21. The van der Waals surface area contributed by atoms with Gasteiger partial charge in [-0.2, -0.15) is 0 Å². The molecule has 94 valence electrons. The number of hydrogen-bond donors (Lipinski definition) is 1. The van der Waals surface area contributed by atoms with Crippen molar-refractivity contribution in [2.45, 2.75) is 44.6 Å². The maximum absolute atomic E-state index is 13.2. The van der Waals surface area contributed by atoms with Crippen LogP contribution in [0.15, 0.2) is 18.2 Å². The minimum atomic E-state index is -0.547. The number of halogens is 2. The van der Waals surface area contributed by atoms with Gasteiger partial charge in [0.25, 0.3) is 0 Å². The molecule has 1 aliphatic rings. The van der Waals surface area contributed by atoms with Gasteiger partial charge in [-0.25, -0.2) is 8.78 Å². The van der Waals surface area contributed by atoms with Crippen molar-refractivity contribution in [3.8, 4) is 0 Å². The zero-order valence-electron chi connectivity index (χ0n) is 10.2. The molecule has 0 spiro atoms. The molecule has 0 bridgehead atoms. The molecule has 1 nitrogen and oxygen atoms in total. The van der Waals surface area contributed by atoms with E-state index >= 15 is 0 Å². The maximum atomic E-state index is 13.2. The molecule has 2 N–H and O–H groups in total. The summed E-state index contributed by atoms with van der Waals surface area (Å²) in [5.74, 6) is -0.366. The first kappa shape index (κ1) is 12.5. The van der Waals surface area contributed by atoms with Crippen molar-refractivity contribution in [2.24, 2.45) is 11.7 Å². The van der Waals surface area contributed by atoms with Crippen LogP contribution in [0.1, 0.15) is 44.6 Å². The Morgan fingerprint density at radius 2 is 1.71 bits per heavy atom. The largest absolute Gasteiger partial charge is 0.321 e. The van der Waals surface area contributed by atoms with Gasteiger partial charge in [-0.1, -0.05) is 13.3 Å². The number of nitrogens with two attached hydrogens (primary N) is 1. The van der Waals surface area contributed by atoms with Crippen molar-refractivity contribution < 1.29 is 8.78 Å². The molecule has 1 fully saturated rings. The molecule has 1 saturated carbocycles. The lowest BCUT2D eigenvalue weighted by molar-refractivity contribution is 0.230. The van der Waals surface area contributed by atoms with Crippen LogP contribution >= 0.6 is 0 Å². The molecule has 0 unspecified atom stereocenters. The molecule has 3 heteroatoms. The predicted octanol–water partition coefficient (Wildman–Crippen LogP) is 3.72. The maximum Gasteiger partial charge on any atom is 0.126 e. The molecule has 1 aromatic rings. The van der Waals surface area contributed by atoms with Crippen LogP contribution in [0.5, 0.6) is 0 Å². The van der Waals surface area contributed by atoms with Gasteiger partial charge in [0.2, 0.25) is 0 Å². The van der Waals surface area contributed by atoms with Crippen molar-refractivity contribution in [1.82, 2.24) is 0 Å². The number of hydrogen-bond acceptors (Lipinski definition) is 1. The van der Waals surface area contributed by atoms with Crippen LogP contribution in [0.25, 0.3) is 0 Å². The average molecular weight is 239 g/mol. The van der Waals surface area contributed by atoms with Crippen molar-refractivity contribution >= 4 is 0 Å². The fraction of sp³-hybridized carbons (Fsp3) is 0.571. The van der Waals surface area contributed by atoms with E-state index in [0.717, 1.165) is 38.2 Å². The molecule has 17 heavy (non-hydrogen) atoms. The Labute approximate surface area is 101 Å². The van der Waals surface area contributed by atoms with Gasteiger partial charge < -0.3 is 5.73 Å². The summed E-state index contributed by atoms with van der Waals surface area (Å²) in [7, 11) is 0. The Hall–Kier alpha value is -0.960. The summed E-state index contributed by atoms with van der Waals surface area (Å²) in [6.07, 6.45) is 4.88. The summed E-state index contributed by atoms with van der Waals surface area (Å²) in [6.45, 7) is 2.18. The van der Waals surface area contributed by atoms with E-state index in [4.69, 9.17) is 5.73 Å². The van der Waals surface area contributed by atoms with Crippen LogP contribution in [-0.4, -0.2) is 0 Å². The van der Waals surface area contributed by atoms with Crippen LogP contribution in [-0.2, 0) is 5.54 Å². The van der Waals surface area contributed by atoms with Crippen molar-refractivity contribution in [3.05, 3.63) is 35.4 Å². The molecule has 0 saturated heterocycles. The molecule has 0 radical (unpaired) electrons. The molecular formula is C14H19F2N. The molecule has 1 aromatic carbocycles. The highest BCUT2D eigenvalue weighted by molar-refractivity contribution is 5.26. The van der Waals surface area contributed by atoms with Gasteiger partial charge in [-0.15, -0.1) is 0 Å². The van der Waals surface area contributed by atoms with E-state index in [-0.39, 0.29) is 0 Å². The van der Waals surface area contributed by atoms with Crippen molar-refractivity contribution in [1.29, 1.82) is 0 Å². The van der Waals surface area contributed by atoms with E-state index in [1.807, 2.05) is 0 Å². The highest BCUT2D eigenvalue weighted by atomic mass is 19.1. The van der Waals surface area contributed by atoms with Crippen LogP contribution in [0.2, 0.25) is 0 Å². The Kier molecular flexibility index (Phi) is 3.48. The van der Waals surface area contributed by atoms with E-state index in [2.05, 4.69) is 6.92 Å². The monoisotopic (exact) mass is 239 g/mol. The second kappa shape index (κ2) is 4.73. The normalized spacial score (nSPS) is 29.3.